The van der Waals surface area contributed by atoms with E-state index in [0.29, 0.717) is 12.1 Å². The zero-order valence-electron chi connectivity index (χ0n) is 11.0. The number of amides is 1. The molecule has 1 unspecified atom stereocenters. The number of carbonyl (C=O) groups excluding carboxylic acids is 1. The van der Waals surface area contributed by atoms with Gasteiger partial charge in [-0.2, -0.15) is 0 Å². The lowest BCUT2D eigenvalue weighted by Crippen LogP contribution is -2.46. The molecule has 2 aromatic rings. The highest BCUT2D eigenvalue weighted by atomic mass is 16.3. The number of carbonyl (C=O) groups is 1. The lowest BCUT2D eigenvalue weighted by molar-refractivity contribution is 0.0983. The molecule has 4 heteroatoms. The van der Waals surface area contributed by atoms with Gasteiger partial charge in [-0.15, -0.1) is 0 Å². The average molecular weight is 268 g/mol. The minimum atomic E-state index is -0.0902. The topological polar surface area (TPSA) is 66.6 Å². The van der Waals surface area contributed by atoms with E-state index in [1.54, 1.807) is 17.0 Å². The van der Waals surface area contributed by atoms with Gasteiger partial charge >= 0.3 is 0 Å². The summed E-state index contributed by atoms with van der Waals surface area (Å²) in [6.07, 6.45) is 0.787. The van der Waals surface area contributed by atoms with E-state index >= 15 is 0 Å². The normalized spacial score (nSPS) is 17.6. The van der Waals surface area contributed by atoms with Crippen molar-refractivity contribution in [3.05, 3.63) is 59.7 Å². The summed E-state index contributed by atoms with van der Waals surface area (Å²) < 4.78 is 0. The lowest BCUT2D eigenvalue weighted by Gasteiger charge is -2.33. The fraction of sp³-hybridized carbons (Fsp3) is 0.188. The maximum atomic E-state index is 12.6. The molecule has 3 rings (SSSR count). The summed E-state index contributed by atoms with van der Waals surface area (Å²) in [5.74, 6) is 0.0601. The van der Waals surface area contributed by atoms with Crippen LogP contribution in [0.25, 0.3) is 0 Å². The number of rotatable bonds is 1. The van der Waals surface area contributed by atoms with Gasteiger partial charge in [0.25, 0.3) is 5.91 Å². The van der Waals surface area contributed by atoms with Gasteiger partial charge in [0.2, 0.25) is 0 Å². The molecule has 0 saturated carbocycles. The number of benzene rings is 2. The highest BCUT2D eigenvalue weighted by Gasteiger charge is 2.26. The fourth-order valence-electron chi connectivity index (χ4n) is 2.58. The third kappa shape index (κ3) is 2.26. The zero-order valence-corrected chi connectivity index (χ0v) is 11.0. The number of anilines is 1. The van der Waals surface area contributed by atoms with E-state index in [0.717, 1.165) is 17.7 Å². The van der Waals surface area contributed by atoms with Gasteiger partial charge in [-0.1, -0.05) is 18.2 Å². The molecule has 0 aliphatic carbocycles. The first-order chi connectivity index (χ1) is 9.65. The minimum Gasteiger partial charge on any atom is -0.508 e. The number of nitrogens with zero attached hydrogens (tertiary/aromatic N) is 1. The van der Waals surface area contributed by atoms with Gasteiger partial charge in [0, 0.05) is 23.8 Å². The van der Waals surface area contributed by atoms with Gasteiger partial charge in [-0.3, -0.25) is 4.79 Å². The Bertz CT molecular complexity index is 637. The monoisotopic (exact) mass is 268 g/mol. The Labute approximate surface area is 117 Å². The molecule has 0 saturated heterocycles. The van der Waals surface area contributed by atoms with Crippen molar-refractivity contribution in [3.8, 4) is 5.75 Å². The van der Waals surface area contributed by atoms with Crippen LogP contribution in [-0.4, -0.2) is 23.6 Å². The van der Waals surface area contributed by atoms with Crippen LogP contribution in [0.15, 0.2) is 48.5 Å². The molecule has 0 radical (unpaired) electrons. The van der Waals surface area contributed by atoms with Gasteiger partial charge in [-0.05, 0) is 42.3 Å². The molecule has 20 heavy (non-hydrogen) atoms. The second kappa shape index (κ2) is 4.98. The molecular weight excluding hydrogens is 252 g/mol. The van der Waals surface area contributed by atoms with Crippen molar-refractivity contribution >= 4 is 11.6 Å². The van der Waals surface area contributed by atoms with E-state index in [1.165, 1.54) is 12.1 Å². The van der Waals surface area contributed by atoms with Gasteiger partial charge in [0.1, 0.15) is 5.75 Å². The maximum absolute atomic E-state index is 12.6. The van der Waals surface area contributed by atoms with Crippen molar-refractivity contribution < 1.29 is 9.90 Å². The molecule has 102 valence electrons. The van der Waals surface area contributed by atoms with E-state index in [9.17, 15) is 9.90 Å². The van der Waals surface area contributed by atoms with Crippen molar-refractivity contribution in [3.63, 3.8) is 0 Å². The Morgan fingerprint density at radius 1 is 1.15 bits per heavy atom. The molecule has 0 spiro atoms. The highest BCUT2D eigenvalue weighted by Crippen LogP contribution is 2.28. The van der Waals surface area contributed by atoms with Crippen LogP contribution in [0.2, 0.25) is 0 Å². The van der Waals surface area contributed by atoms with Crippen LogP contribution in [-0.2, 0) is 6.42 Å². The number of phenols is 1. The second-order valence-electron chi connectivity index (χ2n) is 5.06. The summed E-state index contributed by atoms with van der Waals surface area (Å²) in [6.45, 7) is 0.511. The average Bonchev–Trinajstić information content (AvgIpc) is 2.46. The van der Waals surface area contributed by atoms with Crippen LogP contribution < -0.4 is 10.6 Å². The standard InChI is InChI=1S/C16H16N2O2/c17-13-9-12-3-1-2-4-15(12)18(10-13)16(20)11-5-7-14(19)8-6-11/h1-8,13,19H,9-10,17H2. The highest BCUT2D eigenvalue weighted by molar-refractivity contribution is 6.06. The summed E-state index contributed by atoms with van der Waals surface area (Å²) in [5.41, 5.74) is 8.61. The number of nitrogens with two attached hydrogens (primary N) is 1. The lowest BCUT2D eigenvalue weighted by atomic mass is 9.97. The summed E-state index contributed by atoms with van der Waals surface area (Å²) in [5, 5.41) is 9.30. The summed E-state index contributed by atoms with van der Waals surface area (Å²) in [7, 11) is 0. The molecule has 1 aliphatic heterocycles. The fourth-order valence-corrected chi connectivity index (χ4v) is 2.58. The zero-order chi connectivity index (χ0) is 14.1. The molecule has 1 atom stereocenters. The van der Waals surface area contributed by atoms with E-state index in [2.05, 4.69) is 0 Å². The van der Waals surface area contributed by atoms with Crippen LogP contribution in [0.1, 0.15) is 15.9 Å². The Morgan fingerprint density at radius 2 is 1.85 bits per heavy atom. The van der Waals surface area contributed by atoms with E-state index in [-0.39, 0.29) is 17.7 Å². The smallest absolute Gasteiger partial charge is 0.258 e. The molecule has 1 heterocycles. The predicted molar refractivity (Wildman–Crippen MR) is 77.9 cm³/mol. The number of fused-ring (bicyclic) bond motifs is 1. The number of phenolic OH excluding ortho intramolecular Hbond substituents is 1. The third-order valence-corrected chi connectivity index (χ3v) is 3.54. The quantitative estimate of drug-likeness (QED) is 0.830. The Morgan fingerprint density at radius 3 is 2.60 bits per heavy atom. The van der Waals surface area contributed by atoms with Crippen LogP contribution in [0.4, 0.5) is 5.69 Å². The van der Waals surface area contributed by atoms with Gasteiger partial charge in [-0.25, -0.2) is 0 Å². The molecule has 0 bridgehead atoms. The van der Waals surface area contributed by atoms with Crippen LogP contribution >= 0.6 is 0 Å². The number of hydrogen-bond acceptors (Lipinski definition) is 3. The summed E-state index contributed by atoms with van der Waals surface area (Å²) >= 11 is 0. The first kappa shape index (κ1) is 12.7. The molecule has 3 N–H and O–H groups in total. The van der Waals surface area contributed by atoms with E-state index in [4.69, 9.17) is 5.73 Å². The maximum Gasteiger partial charge on any atom is 0.258 e. The van der Waals surface area contributed by atoms with Crippen LogP contribution in [0.5, 0.6) is 5.75 Å². The molecule has 1 amide bonds. The largest absolute Gasteiger partial charge is 0.508 e. The van der Waals surface area contributed by atoms with E-state index in [1.807, 2.05) is 24.3 Å². The Balaban J connectivity index is 1.97. The number of para-hydroxylation sites is 1. The summed E-state index contributed by atoms with van der Waals surface area (Å²) in [4.78, 5) is 14.3. The van der Waals surface area contributed by atoms with Crippen molar-refractivity contribution in [1.82, 2.24) is 0 Å². The summed E-state index contributed by atoms with van der Waals surface area (Å²) in [6, 6.07) is 14.1. The minimum absolute atomic E-state index is 0.0500. The molecule has 4 nitrogen and oxygen atoms in total. The van der Waals surface area contributed by atoms with Crippen molar-refractivity contribution in [1.29, 1.82) is 0 Å². The van der Waals surface area contributed by atoms with Crippen molar-refractivity contribution in [2.45, 2.75) is 12.5 Å². The molecule has 0 aromatic heterocycles. The Hall–Kier alpha value is -2.33. The first-order valence-electron chi connectivity index (χ1n) is 6.59. The first-order valence-corrected chi connectivity index (χ1v) is 6.59. The van der Waals surface area contributed by atoms with E-state index < -0.39 is 0 Å². The molecule has 1 aliphatic rings. The van der Waals surface area contributed by atoms with Gasteiger partial charge in [0.05, 0.1) is 0 Å². The molecule has 0 fully saturated rings. The second-order valence-corrected chi connectivity index (χ2v) is 5.06. The number of aromatic hydroxyl groups is 1. The van der Waals surface area contributed by atoms with Crippen molar-refractivity contribution in [2.24, 2.45) is 5.73 Å². The van der Waals surface area contributed by atoms with Crippen LogP contribution in [0.3, 0.4) is 0 Å². The molecule has 2 aromatic carbocycles. The van der Waals surface area contributed by atoms with Crippen molar-refractivity contribution in [2.75, 3.05) is 11.4 Å². The van der Waals surface area contributed by atoms with Gasteiger partial charge < -0.3 is 15.7 Å². The van der Waals surface area contributed by atoms with Crippen LogP contribution in [0, 0.1) is 0 Å². The van der Waals surface area contributed by atoms with Gasteiger partial charge in [0.15, 0.2) is 0 Å². The molecular formula is C16H16N2O2. The predicted octanol–water partition coefficient (Wildman–Crippen LogP) is 1.92. The Kier molecular flexibility index (Phi) is 3.16. The third-order valence-electron chi connectivity index (χ3n) is 3.54. The SMILES string of the molecule is NC1Cc2ccccc2N(C(=O)c2ccc(O)cc2)C1. The number of hydrogen-bond donors (Lipinski definition) is 2.